The normalized spacial score (nSPS) is 16.5. The Morgan fingerprint density at radius 2 is 1.97 bits per heavy atom. The number of aromatic nitrogens is 3. The Hall–Kier alpha value is -2.65. The van der Waals surface area contributed by atoms with Crippen LogP contribution in [0.25, 0.3) is 0 Å². The molecule has 4 rings (SSSR count). The Labute approximate surface area is 188 Å². The van der Waals surface area contributed by atoms with Crippen LogP contribution in [0.2, 0.25) is 0 Å². The number of carbonyl (C=O) groups is 1. The summed E-state index contributed by atoms with van der Waals surface area (Å²) in [7, 11) is 0. The minimum absolute atomic E-state index is 0. The van der Waals surface area contributed by atoms with Crippen molar-refractivity contribution < 1.29 is 9.53 Å². The molecule has 3 N–H and O–H groups in total. The number of ether oxygens (including phenoxy) is 1. The van der Waals surface area contributed by atoms with E-state index in [1.165, 1.54) is 19.0 Å². The summed E-state index contributed by atoms with van der Waals surface area (Å²) in [6, 6.07) is 4.28. The second kappa shape index (κ2) is 11.1. The molecule has 1 saturated carbocycles. The van der Waals surface area contributed by atoms with Crippen molar-refractivity contribution in [1.29, 1.82) is 0 Å². The quantitative estimate of drug-likeness (QED) is 0.552. The first-order valence-electron chi connectivity index (χ1n) is 10.7. The Morgan fingerprint density at radius 1 is 1.19 bits per heavy atom. The third kappa shape index (κ3) is 5.95. The topological polar surface area (TPSA) is 104 Å². The number of esters is 1. The van der Waals surface area contributed by atoms with Gasteiger partial charge >= 0.3 is 5.97 Å². The minimum Gasteiger partial charge on any atom is -0.462 e. The first kappa shape index (κ1) is 23.0. The van der Waals surface area contributed by atoms with Crippen LogP contribution in [-0.4, -0.2) is 59.7 Å². The summed E-state index contributed by atoms with van der Waals surface area (Å²) < 4.78 is 5.16. The number of hydrogen-bond acceptors (Lipinski definition) is 9. The molecule has 0 radical (unpaired) electrons. The van der Waals surface area contributed by atoms with Gasteiger partial charge in [0.1, 0.15) is 17.2 Å². The summed E-state index contributed by atoms with van der Waals surface area (Å²) >= 11 is 0. The van der Waals surface area contributed by atoms with E-state index in [1.54, 1.807) is 6.92 Å². The van der Waals surface area contributed by atoms with Gasteiger partial charge < -0.3 is 25.6 Å². The minimum atomic E-state index is -0.414. The fourth-order valence-electron chi connectivity index (χ4n) is 3.86. The molecule has 1 aliphatic heterocycles. The number of anilines is 4. The first-order valence-corrected chi connectivity index (χ1v) is 10.7. The lowest BCUT2D eigenvalue weighted by atomic mass is 10.2. The number of rotatable bonds is 7. The number of carbonyl (C=O) groups excluding carboxylic acids is 1. The van der Waals surface area contributed by atoms with Gasteiger partial charge in [-0.1, -0.05) is 12.8 Å². The van der Waals surface area contributed by atoms with Crippen molar-refractivity contribution >= 4 is 41.6 Å². The molecule has 0 bridgehead atoms. The van der Waals surface area contributed by atoms with Crippen LogP contribution < -0.4 is 20.9 Å². The van der Waals surface area contributed by atoms with Crippen LogP contribution in [0.5, 0.6) is 0 Å². The van der Waals surface area contributed by atoms with Crippen molar-refractivity contribution in [2.24, 2.45) is 0 Å². The molecule has 3 heterocycles. The van der Waals surface area contributed by atoms with Gasteiger partial charge in [-0.05, 0) is 31.9 Å². The number of pyridine rings is 1. The molecule has 10 heteroatoms. The molecule has 0 amide bonds. The van der Waals surface area contributed by atoms with Gasteiger partial charge in [-0.3, -0.25) is 0 Å². The largest absolute Gasteiger partial charge is 0.462 e. The van der Waals surface area contributed by atoms with Crippen LogP contribution in [0, 0.1) is 0 Å². The summed E-state index contributed by atoms with van der Waals surface area (Å²) in [5.41, 5.74) is 1.46. The molecule has 0 unspecified atom stereocenters. The molecule has 2 fully saturated rings. The summed E-state index contributed by atoms with van der Waals surface area (Å²) in [6.45, 7) is 6.01. The number of halogens is 1. The number of nitrogens with one attached hydrogen (secondary N) is 3. The maximum absolute atomic E-state index is 12.3. The predicted molar refractivity (Wildman–Crippen MR) is 124 cm³/mol. The summed E-state index contributed by atoms with van der Waals surface area (Å²) in [5.74, 6) is 1.15. The fourth-order valence-corrected chi connectivity index (χ4v) is 3.86. The lowest BCUT2D eigenvalue weighted by Crippen LogP contribution is -2.43. The highest BCUT2D eigenvalue weighted by Crippen LogP contribution is 2.25. The van der Waals surface area contributed by atoms with Gasteiger partial charge in [0.2, 0.25) is 5.95 Å². The van der Waals surface area contributed by atoms with Crippen LogP contribution in [0.15, 0.2) is 24.5 Å². The molecule has 2 aliphatic rings. The van der Waals surface area contributed by atoms with Gasteiger partial charge in [-0.15, -0.1) is 12.4 Å². The van der Waals surface area contributed by atoms with Crippen LogP contribution in [0.4, 0.5) is 23.3 Å². The van der Waals surface area contributed by atoms with Crippen molar-refractivity contribution in [1.82, 2.24) is 20.3 Å². The highest BCUT2D eigenvalue weighted by atomic mass is 35.5. The van der Waals surface area contributed by atoms with Gasteiger partial charge in [-0.2, -0.15) is 4.98 Å². The third-order valence-corrected chi connectivity index (χ3v) is 5.45. The second-order valence-corrected chi connectivity index (χ2v) is 7.57. The van der Waals surface area contributed by atoms with E-state index in [2.05, 4.69) is 35.8 Å². The lowest BCUT2D eigenvalue weighted by molar-refractivity contribution is 0.0526. The number of piperazine rings is 1. The van der Waals surface area contributed by atoms with Gasteiger partial charge in [0.05, 0.1) is 18.5 Å². The number of hydrogen-bond donors (Lipinski definition) is 3. The molecular formula is C21H30ClN7O2. The molecule has 2 aromatic rings. The maximum atomic E-state index is 12.3. The van der Waals surface area contributed by atoms with E-state index in [1.807, 2.05) is 18.3 Å². The van der Waals surface area contributed by atoms with E-state index in [-0.39, 0.29) is 12.4 Å². The Kier molecular flexibility index (Phi) is 8.25. The van der Waals surface area contributed by atoms with Crippen LogP contribution in [-0.2, 0) is 4.74 Å². The monoisotopic (exact) mass is 447 g/mol. The van der Waals surface area contributed by atoms with Crippen molar-refractivity contribution in [3.8, 4) is 0 Å². The van der Waals surface area contributed by atoms with Gasteiger partial charge in [0.25, 0.3) is 0 Å². The van der Waals surface area contributed by atoms with Crippen LogP contribution in [0.1, 0.15) is 43.0 Å². The fraction of sp³-hybridized carbons (Fsp3) is 0.524. The SMILES string of the molecule is CCOC(=O)c1cnc(Nc2ccc(N3CCNCC3)cn2)nc1NC1CCCC1.Cl. The predicted octanol–water partition coefficient (Wildman–Crippen LogP) is 2.98. The molecule has 0 spiro atoms. The molecule has 1 aliphatic carbocycles. The zero-order chi connectivity index (χ0) is 20.8. The maximum Gasteiger partial charge on any atom is 0.343 e. The van der Waals surface area contributed by atoms with Crippen molar-refractivity contribution in [2.75, 3.05) is 48.3 Å². The molecule has 9 nitrogen and oxygen atoms in total. The summed E-state index contributed by atoms with van der Waals surface area (Å²) in [6.07, 6.45) is 7.89. The molecule has 0 aromatic carbocycles. The van der Waals surface area contributed by atoms with E-state index < -0.39 is 5.97 Å². The second-order valence-electron chi connectivity index (χ2n) is 7.57. The van der Waals surface area contributed by atoms with E-state index in [4.69, 9.17) is 4.74 Å². The van der Waals surface area contributed by atoms with Crippen LogP contribution >= 0.6 is 12.4 Å². The molecule has 31 heavy (non-hydrogen) atoms. The molecule has 2 aromatic heterocycles. The van der Waals surface area contributed by atoms with E-state index in [9.17, 15) is 4.79 Å². The number of nitrogens with zero attached hydrogens (tertiary/aromatic N) is 4. The van der Waals surface area contributed by atoms with Crippen molar-refractivity contribution in [2.45, 2.75) is 38.6 Å². The highest BCUT2D eigenvalue weighted by Gasteiger charge is 2.21. The van der Waals surface area contributed by atoms with Gasteiger partial charge in [0, 0.05) is 38.4 Å². The standard InChI is InChI=1S/C21H29N7O2.ClH/c1-2-30-20(29)17-14-24-21(27-19(17)25-15-5-3-4-6-15)26-18-8-7-16(13-23-18)28-11-9-22-10-12-28;/h7-8,13-15,22H,2-6,9-12H2,1H3,(H2,23,24,25,26,27);1H. The average Bonchev–Trinajstić information content (AvgIpc) is 3.28. The van der Waals surface area contributed by atoms with Crippen molar-refractivity contribution in [3.05, 3.63) is 30.1 Å². The van der Waals surface area contributed by atoms with E-state index >= 15 is 0 Å². The average molecular weight is 448 g/mol. The molecular weight excluding hydrogens is 418 g/mol. The third-order valence-electron chi connectivity index (χ3n) is 5.45. The Balaban J connectivity index is 0.00000272. The van der Waals surface area contributed by atoms with E-state index in [0.717, 1.165) is 44.7 Å². The molecule has 1 saturated heterocycles. The summed E-state index contributed by atoms with van der Waals surface area (Å²) in [5, 5.41) is 9.89. The Morgan fingerprint density at radius 3 is 2.65 bits per heavy atom. The molecule has 0 atom stereocenters. The first-order chi connectivity index (χ1) is 14.7. The zero-order valence-corrected chi connectivity index (χ0v) is 18.6. The zero-order valence-electron chi connectivity index (χ0n) is 17.8. The van der Waals surface area contributed by atoms with E-state index in [0.29, 0.717) is 35.8 Å². The lowest BCUT2D eigenvalue weighted by Gasteiger charge is -2.29. The van der Waals surface area contributed by atoms with Gasteiger partial charge in [-0.25, -0.2) is 14.8 Å². The molecule has 168 valence electrons. The highest BCUT2D eigenvalue weighted by molar-refractivity contribution is 5.94. The van der Waals surface area contributed by atoms with Crippen molar-refractivity contribution in [3.63, 3.8) is 0 Å². The summed E-state index contributed by atoms with van der Waals surface area (Å²) in [4.78, 5) is 28.0. The smallest absolute Gasteiger partial charge is 0.343 e. The van der Waals surface area contributed by atoms with Gasteiger partial charge in [0.15, 0.2) is 0 Å². The van der Waals surface area contributed by atoms with Crippen LogP contribution in [0.3, 0.4) is 0 Å². The Bertz CT molecular complexity index is 853.